The van der Waals surface area contributed by atoms with E-state index in [1.54, 1.807) is 31.3 Å². The molecule has 0 saturated carbocycles. The van der Waals surface area contributed by atoms with Crippen molar-refractivity contribution in [3.05, 3.63) is 46.1 Å². The molecule has 1 aromatic heterocycles. The first-order valence-corrected chi connectivity index (χ1v) is 5.78. The van der Waals surface area contributed by atoms with E-state index < -0.39 is 4.92 Å². The van der Waals surface area contributed by atoms with Gasteiger partial charge in [-0.2, -0.15) is 10.2 Å². The molecule has 0 atom stereocenters. The molecule has 0 saturated heterocycles. The maximum atomic E-state index is 11.1. The van der Waals surface area contributed by atoms with Crippen molar-refractivity contribution in [2.45, 2.75) is 0 Å². The Morgan fingerprint density at radius 3 is 2.62 bits per heavy atom. The summed E-state index contributed by atoms with van der Waals surface area (Å²) in [6, 6.07) is 8.56. The molecule has 0 aliphatic rings. The van der Waals surface area contributed by atoms with Gasteiger partial charge >= 0.3 is 5.69 Å². The molecule has 0 aliphatic heterocycles. The van der Waals surface area contributed by atoms with Crippen LogP contribution in [0.3, 0.4) is 0 Å². The van der Waals surface area contributed by atoms with Gasteiger partial charge in [0.25, 0.3) is 0 Å². The van der Waals surface area contributed by atoms with E-state index in [-0.39, 0.29) is 17.5 Å². The van der Waals surface area contributed by atoms with Gasteiger partial charge in [0.05, 0.1) is 16.6 Å². The lowest BCUT2D eigenvalue weighted by atomic mass is 10.2. The third-order valence-electron chi connectivity index (χ3n) is 2.78. The number of nitriles is 1. The van der Waals surface area contributed by atoms with Crippen LogP contribution in [0.2, 0.25) is 0 Å². The third kappa shape index (κ3) is 2.85. The standard InChI is InChI=1S/C12H11N7O2/c1-18(9-4-2-8(6-13)3-5-9)11-10(19(20)21)7-15-12(16-11)17-14/h2-5,7H,14H2,1H3,(H,15,16,17). The third-order valence-corrected chi connectivity index (χ3v) is 2.78. The van der Waals surface area contributed by atoms with E-state index in [1.807, 2.05) is 6.07 Å². The average Bonchev–Trinajstić information content (AvgIpc) is 2.53. The van der Waals surface area contributed by atoms with Crippen molar-refractivity contribution in [2.75, 3.05) is 17.4 Å². The van der Waals surface area contributed by atoms with Crippen molar-refractivity contribution in [1.29, 1.82) is 5.26 Å². The fourth-order valence-corrected chi connectivity index (χ4v) is 1.69. The maximum Gasteiger partial charge on any atom is 0.330 e. The van der Waals surface area contributed by atoms with Gasteiger partial charge in [-0.15, -0.1) is 0 Å². The normalized spacial score (nSPS) is 9.76. The zero-order valence-electron chi connectivity index (χ0n) is 11.0. The predicted molar refractivity (Wildman–Crippen MR) is 75.7 cm³/mol. The zero-order valence-corrected chi connectivity index (χ0v) is 11.0. The van der Waals surface area contributed by atoms with Crippen LogP contribution in [0.15, 0.2) is 30.5 Å². The molecule has 21 heavy (non-hydrogen) atoms. The van der Waals surface area contributed by atoms with Crippen LogP contribution in [0, 0.1) is 21.4 Å². The molecule has 1 heterocycles. The van der Waals surface area contributed by atoms with Crippen LogP contribution in [0.25, 0.3) is 0 Å². The number of nitrogens with two attached hydrogens (primary N) is 1. The number of hydrogen-bond donors (Lipinski definition) is 2. The van der Waals surface area contributed by atoms with Crippen molar-refractivity contribution < 1.29 is 4.92 Å². The van der Waals surface area contributed by atoms with Crippen LogP contribution in [0.5, 0.6) is 0 Å². The van der Waals surface area contributed by atoms with E-state index in [0.717, 1.165) is 6.20 Å². The molecule has 0 amide bonds. The molecule has 3 N–H and O–H groups in total. The maximum absolute atomic E-state index is 11.1. The summed E-state index contributed by atoms with van der Waals surface area (Å²) in [5.74, 6) is 5.38. The second-order valence-corrected chi connectivity index (χ2v) is 4.02. The molecule has 0 aliphatic carbocycles. The van der Waals surface area contributed by atoms with Gasteiger partial charge < -0.3 is 4.90 Å². The van der Waals surface area contributed by atoms with Crippen LogP contribution >= 0.6 is 0 Å². The molecular weight excluding hydrogens is 274 g/mol. The second-order valence-electron chi connectivity index (χ2n) is 4.02. The summed E-state index contributed by atoms with van der Waals surface area (Å²) in [5, 5.41) is 19.8. The van der Waals surface area contributed by atoms with Gasteiger partial charge in [-0.25, -0.2) is 10.8 Å². The lowest BCUT2D eigenvalue weighted by molar-refractivity contribution is -0.384. The van der Waals surface area contributed by atoms with E-state index in [1.165, 1.54) is 4.90 Å². The van der Waals surface area contributed by atoms with Crippen LogP contribution in [-0.4, -0.2) is 21.9 Å². The number of hydrazine groups is 1. The van der Waals surface area contributed by atoms with Crippen LogP contribution in [-0.2, 0) is 0 Å². The summed E-state index contributed by atoms with van der Waals surface area (Å²) in [6.45, 7) is 0. The van der Waals surface area contributed by atoms with Crippen LogP contribution in [0.4, 0.5) is 23.1 Å². The molecule has 2 aromatic rings. The monoisotopic (exact) mass is 285 g/mol. The Labute approximate surface area is 119 Å². The molecule has 0 spiro atoms. The molecule has 0 radical (unpaired) electrons. The molecule has 0 bridgehead atoms. The second kappa shape index (κ2) is 5.81. The number of aromatic nitrogens is 2. The summed E-state index contributed by atoms with van der Waals surface area (Å²) < 4.78 is 0. The number of hydrogen-bond acceptors (Lipinski definition) is 8. The summed E-state index contributed by atoms with van der Waals surface area (Å²) >= 11 is 0. The molecule has 1 aromatic carbocycles. The minimum atomic E-state index is -0.574. The number of rotatable bonds is 4. The zero-order chi connectivity index (χ0) is 15.4. The van der Waals surface area contributed by atoms with Crippen molar-refractivity contribution in [3.63, 3.8) is 0 Å². The van der Waals surface area contributed by atoms with Crippen LogP contribution in [0.1, 0.15) is 5.56 Å². The molecule has 106 valence electrons. The number of nitro groups is 1. The Bertz CT molecular complexity index is 709. The summed E-state index contributed by atoms with van der Waals surface area (Å²) in [7, 11) is 1.62. The highest BCUT2D eigenvalue weighted by Gasteiger charge is 2.21. The Kier molecular flexibility index (Phi) is 3.92. The van der Waals surface area contributed by atoms with Gasteiger partial charge in [0.2, 0.25) is 11.8 Å². The highest BCUT2D eigenvalue weighted by molar-refractivity contribution is 5.68. The number of anilines is 3. The smallest absolute Gasteiger partial charge is 0.324 e. The molecule has 9 heteroatoms. The predicted octanol–water partition coefficient (Wildman–Crippen LogP) is 1.31. The number of nitrogen functional groups attached to an aromatic ring is 1. The van der Waals surface area contributed by atoms with Crippen molar-refractivity contribution in [2.24, 2.45) is 5.84 Å². The highest BCUT2D eigenvalue weighted by Crippen LogP contribution is 2.30. The van der Waals surface area contributed by atoms with E-state index in [4.69, 9.17) is 11.1 Å². The topological polar surface area (TPSA) is 134 Å². The SMILES string of the molecule is CN(c1ccc(C#N)cc1)c1nc(NN)ncc1[N+](=O)[O-]. The van der Waals surface area contributed by atoms with Gasteiger partial charge in [-0.3, -0.25) is 15.5 Å². The first-order chi connectivity index (χ1) is 10.1. The van der Waals surface area contributed by atoms with Crippen LogP contribution < -0.4 is 16.2 Å². The average molecular weight is 285 g/mol. The van der Waals surface area contributed by atoms with Crippen molar-refractivity contribution >= 4 is 23.1 Å². The van der Waals surface area contributed by atoms with Gasteiger partial charge in [0.1, 0.15) is 6.20 Å². The quantitative estimate of drug-likeness (QED) is 0.487. The van der Waals surface area contributed by atoms with E-state index in [9.17, 15) is 10.1 Å². The van der Waals surface area contributed by atoms with Gasteiger partial charge in [-0.1, -0.05) is 0 Å². The van der Waals surface area contributed by atoms with E-state index >= 15 is 0 Å². The number of nitrogens with one attached hydrogen (secondary N) is 1. The van der Waals surface area contributed by atoms with E-state index in [0.29, 0.717) is 11.3 Å². The minimum absolute atomic E-state index is 0.0658. The first-order valence-electron chi connectivity index (χ1n) is 5.78. The van der Waals surface area contributed by atoms with Crippen molar-refractivity contribution in [1.82, 2.24) is 9.97 Å². The Morgan fingerprint density at radius 1 is 1.43 bits per heavy atom. The highest BCUT2D eigenvalue weighted by atomic mass is 16.6. The molecule has 0 unspecified atom stereocenters. The van der Waals surface area contributed by atoms with E-state index in [2.05, 4.69) is 15.4 Å². The van der Waals surface area contributed by atoms with Gasteiger partial charge in [0, 0.05) is 12.7 Å². The molecule has 2 rings (SSSR count). The molecular formula is C12H11N7O2. The fraction of sp³-hybridized carbons (Fsp3) is 0.0833. The van der Waals surface area contributed by atoms with Gasteiger partial charge in [-0.05, 0) is 24.3 Å². The Hall–Kier alpha value is -3.25. The number of benzene rings is 1. The lowest BCUT2D eigenvalue weighted by Crippen LogP contribution is -2.17. The molecule has 9 nitrogen and oxygen atoms in total. The largest absolute Gasteiger partial charge is 0.330 e. The lowest BCUT2D eigenvalue weighted by Gasteiger charge is -2.18. The Balaban J connectivity index is 2.47. The first kappa shape index (κ1) is 14.2. The van der Waals surface area contributed by atoms with Crippen molar-refractivity contribution in [3.8, 4) is 6.07 Å². The fourth-order valence-electron chi connectivity index (χ4n) is 1.69. The minimum Gasteiger partial charge on any atom is -0.324 e. The summed E-state index contributed by atoms with van der Waals surface area (Å²) in [5.41, 5.74) is 3.13. The summed E-state index contributed by atoms with van der Waals surface area (Å²) in [6.07, 6.45) is 1.08. The summed E-state index contributed by atoms with van der Waals surface area (Å²) in [4.78, 5) is 19.7. The number of nitrogens with zero attached hydrogens (tertiary/aromatic N) is 5. The molecule has 0 fully saturated rings. The Morgan fingerprint density at radius 2 is 2.10 bits per heavy atom. The van der Waals surface area contributed by atoms with Gasteiger partial charge in [0.15, 0.2) is 0 Å².